The molecule has 0 saturated carbocycles. The van der Waals surface area contributed by atoms with E-state index in [1.165, 1.54) is 25.7 Å². The smallest absolute Gasteiger partial charge is 0.475 e. The molecule has 1 aromatic carbocycles. The van der Waals surface area contributed by atoms with Crippen LogP contribution in [-0.2, 0) is 16.0 Å². The van der Waals surface area contributed by atoms with Gasteiger partial charge in [-0.3, -0.25) is 14.6 Å². The maximum absolute atomic E-state index is 12.7. The highest BCUT2D eigenvalue weighted by Gasteiger charge is 2.29. The molecule has 2 aromatic rings. The molecule has 0 saturated heterocycles. The molecular formula is C20H27BN4O6. The highest BCUT2D eigenvalue weighted by molar-refractivity contribution is 6.43. The normalized spacial score (nSPS) is 12.5. The van der Waals surface area contributed by atoms with E-state index in [2.05, 4.69) is 20.6 Å². The third kappa shape index (κ3) is 7.97. The summed E-state index contributed by atoms with van der Waals surface area (Å²) in [7, 11) is 1.22. The molecule has 11 heteroatoms. The average molecular weight is 430 g/mol. The van der Waals surface area contributed by atoms with Gasteiger partial charge in [0.2, 0.25) is 5.91 Å². The van der Waals surface area contributed by atoms with Gasteiger partial charge in [-0.25, -0.2) is 4.98 Å². The minimum Gasteiger partial charge on any atom is -0.497 e. The summed E-state index contributed by atoms with van der Waals surface area (Å²) < 4.78 is 10.2. The lowest BCUT2D eigenvalue weighted by Gasteiger charge is -2.22. The third-order valence-corrected chi connectivity index (χ3v) is 4.55. The van der Waals surface area contributed by atoms with Gasteiger partial charge in [-0.15, -0.1) is 0 Å². The van der Waals surface area contributed by atoms with E-state index in [0.717, 1.165) is 11.3 Å². The molecule has 0 bridgehead atoms. The highest BCUT2D eigenvalue weighted by atomic mass is 16.5. The Morgan fingerprint density at radius 3 is 2.65 bits per heavy atom. The Hall–Kier alpha value is -3.02. The van der Waals surface area contributed by atoms with E-state index < -0.39 is 30.9 Å². The summed E-state index contributed by atoms with van der Waals surface area (Å²) in [6, 6.07) is 6.53. The molecule has 31 heavy (non-hydrogen) atoms. The predicted octanol–water partition coefficient (Wildman–Crippen LogP) is -0.250. The quantitative estimate of drug-likeness (QED) is 0.338. The van der Waals surface area contributed by atoms with Crippen LogP contribution in [0.25, 0.3) is 0 Å². The number of aryl methyl sites for hydroxylation is 1. The summed E-state index contributed by atoms with van der Waals surface area (Å²) in [5.41, 5.74) is 1.08. The summed E-state index contributed by atoms with van der Waals surface area (Å²) in [5.74, 6) is -1.36. The Morgan fingerprint density at radius 2 is 2.00 bits per heavy atom. The van der Waals surface area contributed by atoms with Crippen molar-refractivity contribution in [2.45, 2.75) is 31.2 Å². The van der Waals surface area contributed by atoms with E-state index in [-0.39, 0.29) is 12.3 Å². The second-order valence-electron chi connectivity index (χ2n) is 6.84. The van der Waals surface area contributed by atoms with Crippen molar-refractivity contribution in [3.8, 4) is 5.75 Å². The number of amides is 2. The number of carbonyl (C=O) groups excluding carboxylic acids is 2. The molecule has 1 aromatic heterocycles. The number of benzene rings is 1. The molecule has 0 aliphatic heterocycles. The Balaban J connectivity index is 1.93. The SMILES string of the molecule is COCC(NC(=O)c1cnccn1)C(=O)NC(CCCc1cccc(OC)c1)B(O)O. The van der Waals surface area contributed by atoms with Crippen molar-refractivity contribution < 1.29 is 29.1 Å². The average Bonchev–Trinajstić information content (AvgIpc) is 2.78. The Kier molecular flexibility index (Phi) is 9.88. The van der Waals surface area contributed by atoms with Gasteiger partial charge in [0.1, 0.15) is 17.5 Å². The van der Waals surface area contributed by atoms with Crippen LogP contribution >= 0.6 is 0 Å². The molecule has 4 N–H and O–H groups in total. The van der Waals surface area contributed by atoms with Gasteiger partial charge in [-0.2, -0.15) is 0 Å². The van der Waals surface area contributed by atoms with Crippen LogP contribution in [0.4, 0.5) is 0 Å². The van der Waals surface area contributed by atoms with Crippen LogP contribution in [0.5, 0.6) is 5.75 Å². The van der Waals surface area contributed by atoms with Gasteiger partial charge < -0.3 is 30.2 Å². The monoisotopic (exact) mass is 430 g/mol. The molecule has 0 fully saturated rings. The first kappa shape index (κ1) is 24.3. The van der Waals surface area contributed by atoms with Gasteiger partial charge in [-0.05, 0) is 37.0 Å². The van der Waals surface area contributed by atoms with E-state index in [1.807, 2.05) is 24.3 Å². The standard InChI is InChI=1S/C20H27BN4O6/c1-30-13-17(24-19(26)16-12-22-9-10-23-16)20(27)25-18(21(28)29)8-4-6-14-5-3-7-15(11-14)31-2/h3,5,7,9-12,17-18,28-29H,4,6,8,13H2,1-2H3,(H,24,26)(H,25,27). The zero-order valence-electron chi connectivity index (χ0n) is 17.5. The minimum absolute atomic E-state index is 0.0495. The fraction of sp³-hybridized carbons (Fsp3) is 0.400. The lowest BCUT2D eigenvalue weighted by Crippen LogP contribution is -2.55. The molecule has 2 rings (SSSR count). The number of hydrogen-bond acceptors (Lipinski definition) is 8. The number of ether oxygens (including phenoxy) is 2. The van der Waals surface area contributed by atoms with E-state index in [4.69, 9.17) is 9.47 Å². The number of hydrogen-bond donors (Lipinski definition) is 4. The minimum atomic E-state index is -1.76. The van der Waals surface area contributed by atoms with Crippen LogP contribution in [0.15, 0.2) is 42.9 Å². The lowest BCUT2D eigenvalue weighted by atomic mass is 9.76. The number of carbonyl (C=O) groups is 2. The molecular weight excluding hydrogens is 403 g/mol. The van der Waals surface area contributed by atoms with Crippen molar-refractivity contribution in [1.82, 2.24) is 20.6 Å². The van der Waals surface area contributed by atoms with Gasteiger partial charge in [0, 0.05) is 19.5 Å². The van der Waals surface area contributed by atoms with Crippen LogP contribution in [0.2, 0.25) is 0 Å². The first-order valence-electron chi connectivity index (χ1n) is 9.79. The molecule has 0 aliphatic carbocycles. The maximum Gasteiger partial charge on any atom is 0.475 e. The van der Waals surface area contributed by atoms with E-state index in [1.54, 1.807) is 7.11 Å². The van der Waals surface area contributed by atoms with Crippen molar-refractivity contribution in [3.63, 3.8) is 0 Å². The van der Waals surface area contributed by atoms with Crippen LogP contribution in [0.1, 0.15) is 28.9 Å². The first-order valence-corrected chi connectivity index (χ1v) is 9.79. The summed E-state index contributed by atoms with van der Waals surface area (Å²) >= 11 is 0. The fourth-order valence-electron chi connectivity index (χ4n) is 2.93. The zero-order valence-corrected chi connectivity index (χ0v) is 17.5. The Bertz CT molecular complexity index is 839. The van der Waals surface area contributed by atoms with E-state index >= 15 is 0 Å². The van der Waals surface area contributed by atoms with E-state index in [9.17, 15) is 19.6 Å². The number of nitrogens with one attached hydrogen (secondary N) is 2. The number of nitrogens with zero attached hydrogens (tertiary/aromatic N) is 2. The topological polar surface area (TPSA) is 143 Å². The van der Waals surface area contributed by atoms with Crippen LogP contribution < -0.4 is 15.4 Å². The number of aromatic nitrogens is 2. The highest BCUT2D eigenvalue weighted by Crippen LogP contribution is 2.15. The molecule has 2 atom stereocenters. The number of rotatable bonds is 12. The van der Waals surface area contributed by atoms with Gasteiger partial charge in [-0.1, -0.05) is 12.1 Å². The van der Waals surface area contributed by atoms with Crippen LogP contribution in [-0.4, -0.2) is 71.8 Å². The molecule has 1 heterocycles. The van der Waals surface area contributed by atoms with Gasteiger partial charge in [0.05, 0.1) is 25.9 Å². The molecule has 2 amide bonds. The van der Waals surface area contributed by atoms with Crippen molar-refractivity contribution >= 4 is 18.9 Å². The van der Waals surface area contributed by atoms with Crippen LogP contribution in [0, 0.1) is 0 Å². The van der Waals surface area contributed by atoms with Crippen molar-refractivity contribution in [2.24, 2.45) is 0 Å². The van der Waals surface area contributed by atoms with Gasteiger partial charge in [0.15, 0.2) is 0 Å². The molecule has 0 radical (unpaired) electrons. The molecule has 10 nitrogen and oxygen atoms in total. The Morgan fingerprint density at radius 1 is 1.19 bits per heavy atom. The molecule has 2 unspecified atom stereocenters. The maximum atomic E-state index is 12.7. The van der Waals surface area contributed by atoms with E-state index in [0.29, 0.717) is 19.3 Å². The third-order valence-electron chi connectivity index (χ3n) is 4.55. The van der Waals surface area contributed by atoms with Crippen molar-refractivity contribution in [2.75, 3.05) is 20.8 Å². The molecule has 0 spiro atoms. The second-order valence-corrected chi connectivity index (χ2v) is 6.84. The van der Waals surface area contributed by atoms with Crippen molar-refractivity contribution in [3.05, 3.63) is 54.1 Å². The summed E-state index contributed by atoms with van der Waals surface area (Å²) in [6.45, 7) is -0.101. The second kappa shape index (κ2) is 12.6. The van der Waals surface area contributed by atoms with Gasteiger partial charge in [0.25, 0.3) is 5.91 Å². The first-order chi connectivity index (χ1) is 14.9. The molecule has 0 aliphatic rings. The van der Waals surface area contributed by atoms with Crippen molar-refractivity contribution in [1.29, 1.82) is 0 Å². The predicted molar refractivity (Wildman–Crippen MR) is 113 cm³/mol. The fourth-order valence-corrected chi connectivity index (χ4v) is 2.93. The zero-order chi connectivity index (χ0) is 22.6. The summed E-state index contributed by atoms with van der Waals surface area (Å²) in [5, 5.41) is 24.5. The largest absolute Gasteiger partial charge is 0.497 e. The molecule has 166 valence electrons. The summed E-state index contributed by atoms with van der Waals surface area (Å²) in [4.78, 5) is 32.6. The number of methoxy groups -OCH3 is 2. The van der Waals surface area contributed by atoms with Crippen LogP contribution in [0.3, 0.4) is 0 Å². The Labute approximate surface area is 181 Å². The lowest BCUT2D eigenvalue weighted by molar-refractivity contribution is -0.124. The summed E-state index contributed by atoms with van der Waals surface area (Å²) in [6.07, 6.45) is 5.64. The van der Waals surface area contributed by atoms with Gasteiger partial charge >= 0.3 is 7.12 Å².